The predicted molar refractivity (Wildman–Crippen MR) is 122 cm³/mol. The van der Waals surface area contributed by atoms with E-state index in [1.165, 1.54) is 6.08 Å². The fraction of sp³-hybridized carbons (Fsp3) is 0. The maximum absolute atomic E-state index is 12.2. The molecular weight excluding hydrogens is 392 g/mol. The molecule has 154 valence electrons. The van der Waals surface area contributed by atoms with E-state index in [1.807, 2.05) is 42.5 Å². The average Bonchev–Trinajstić information content (AvgIpc) is 3.07. The van der Waals surface area contributed by atoms with Crippen LogP contribution in [0.4, 0.5) is 11.4 Å². The summed E-state index contributed by atoms with van der Waals surface area (Å²) in [5.74, 6) is 0.365. The lowest BCUT2D eigenvalue weighted by Gasteiger charge is -2.11. The number of nitrogens with zero attached hydrogens (tertiary/aromatic N) is 1. The molecular formula is C24H20N4O3. The second-order valence-electron chi connectivity index (χ2n) is 6.80. The van der Waals surface area contributed by atoms with Crippen LogP contribution in [0.15, 0.2) is 85.5 Å². The molecule has 4 rings (SSSR count). The van der Waals surface area contributed by atoms with Gasteiger partial charge in [0.2, 0.25) is 5.91 Å². The van der Waals surface area contributed by atoms with Gasteiger partial charge in [-0.15, -0.1) is 0 Å². The van der Waals surface area contributed by atoms with Gasteiger partial charge < -0.3 is 26.1 Å². The van der Waals surface area contributed by atoms with Crippen molar-refractivity contribution in [3.63, 3.8) is 0 Å². The molecule has 1 aromatic heterocycles. The fourth-order valence-electron chi connectivity index (χ4n) is 3.39. The van der Waals surface area contributed by atoms with Crippen molar-refractivity contribution in [2.24, 2.45) is 5.73 Å². The molecule has 0 unspecified atom stereocenters. The number of aromatic nitrogens is 1. The van der Waals surface area contributed by atoms with E-state index < -0.39 is 5.91 Å². The molecule has 0 atom stereocenters. The number of anilines is 2. The maximum Gasteiger partial charge on any atom is 0.267 e. The van der Waals surface area contributed by atoms with Gasteiger partial charge in [0.05, 0.1) is 11.2 Å². The molecule has 0 saturated carbocycles. The first-order valence-electron chi connectivity index (χ1n) is 9.48. The summed E-state index contributed by atoms with van der Waals surface area (Å²) in [4.78, 5) is 23.8. The molecule has 0 spiro atoms. The number of carbonyl (C=O) groups is 2. The first-order valence-corrected chi connectivity index (χ1v) is 9.48. The van der Waals surface area contributed by atoms with Gasteiger partial charge in [0.25, 0.3) is 5.91 Å². The number of ether oxygens (including phenoxy) is 1. The molecule has 0 bridgehead atoms. The zero-order chi connectivity index (χ0) is 22.0. The number of hydrogen-bond acceptors (Lipinski definition) is 4. The molecule has 0 fully saturated rings. The van der Waals surface area contributed by atoms with Crippen molar-refractivity contribution in [2.75, 3.05) is 11.1 Å². The van der Waals surface area contributed by atoms with E-state index in [9.17, 15) is 9.59 Å². The van der Waals surface area contributed by atoms with Crippen LogP contribution >= 0.6 is 0 Å². The molecule has 5 N–H and O–H groups in total. The number of fused-ring (bicyclic) bond motifs is 1. The Hall–Kier alpha value is -4.52. The van der Waals surface area contributed by atoms with Crippen LogP contribution in [0.5, 0.6) is 11.5 Å². The van der Waals surface area contributed by atoms with Gasteiger partial charge in [-0.1, -0.05) is 24.8 Å². The summed E-state index contributed by atoms with van der Waals surface area (Å²) in [6.45, 7) is 3.44. The van der Waals surface area contributed by atoms with E-state index in [-0.39, 0.29) is 17.3 Å². The fourth-order valence-corrected chi connectivity index (χ4v) is 3.39. The first kappa shape index (κ1) is 19.8. The highest BCUT2D eigenvalue weighted by Crippen LogP contribution is 2.34. The second-order valence-corrected chi connectivity index (χ2v) is 6.80. The van der Waals surface area contributed by atoms with E-state index in [4.69, 9.17) is 16.2 Å². The van der Waals surface area contributed by atoms with Crippen molar-refractivity contribution < 1.29 is 14.3 Å². The van der Waals surface area contributed by atoms with Crippen molar-refractivity contribution in [3.05, 3.63) is 91.1 Å². The number of hydrogen-bond donors (Lipinski definition) is 3. The standard InChI is InChI=1S/C24H20N4O3/c1-2-21(29)27-15-8-13-20-19(14-15)22(25)23(24(26)30)28(20)16-9-11-18(12-10-16)31-17-6-4-3-5-7-17/h2-14H,1,25H2,(H2,26,30)(H,27,29). The van der Waals surface area contributed by atoms with Crippen LogP contribution in [0.3, 0.4) is 0 Å². The van der Waals surface area contributed by atoms with Gasteiger partial charge in [0.15, 0.2) is 0 Å². The largest absolute Gasteiger partial charge is 0.457 e. The average molecular weight is 412 g/mol. The molecule has 0 saturated heterocycles. The molecule has 7 heteroatoms. The highest BCUT2D eigenvalue weighted by molar-refractivity contribution is 6.10. The number of nitrogens with two attached hydrogens (primary N) is 2. The number of para-hydroxylation sites is 1. The Morgan fingerprint density at radius 3 is 2.29 bits per heavy atom. The predicted octanol–water partition coefficient (Wildman–Crippen LogP) is 4.23. The monoisotopic (exact) mass is 412 g/mol. The lowest BCUT2D eigenvalue weighted by molar-refractivity contribution is -0.111. The van der Waals surface area contributed by atoms with E-state index in [0.29, 0.717) is 28.0 Å². The van der Waals surface area contributed by atoms with Gasteiger partial charge in [-0.25, -0.2) is 0 Å². The Bertz CT molecular complexity index is 1290. The van der Waals surface area contributed by atoms with Crippen LogP contribution in [-0.2, 0) is 4.79 Å². The first-order chi connectivity index (χ1) is 15.0. The molecule has 31 heavy (non-hydrogen) atoms. The molecule has 7 nitrogen and oxygen atoms in total. The molecule has 1 heterocycles. The quantitative estimate of drug-likeness (QED) is 0.411. The third-order valence-corrected chi connectivity index (χ3v) is 4.77. The number of benzene rings is 3. The third-order valence-electron chi connectivity index (χ3n) is 4.77. The maximum atomic E-state index is 12.2. The number of carbonyl (C=O) groups excluding carboxylic acids is 2. The Morgan fingerprint density at radius 2 is 1.65 bits per heavy atom. The number of primary amides is 1. The van der Waals surface area contributed by atoms with Gasteiger partial charge in [-0.3, -0.25) is 9.59 Å². The molecule has 0 aliphatic heterocycles. The zero-order valence-electron chi connectivity index (χ0n) is 16.5. The summed E-state index contributed by atoms with van der Waals surface area (Å²) in [5, 5.41) is 3.28. The number of nitrogens with one attached hydrogen (secondary N) is 1. The van der Waals surface area contributed by atoms with Crippen LogP contribution in [0.25, 0.3) is 16.6 Å². The van der Waals surface area contributed by atoms with E-state index >= 15 is 0 Å². The van der Waals surface area contributed by atoms with Crippen molar-refractivity contribution in [1.29, 1.82) is 0 Å². The Morgan fingerprint density at radius 1 is 0.968 bits per heavy atom. The Labute approximate surface area is 178 Å². The topological polar surface area (TPSA) is 112 Å². The summed E-state index contributed by atoms with van der Waals surface area (Å²) >= 11 is 0. The summed E-state index contributed by atoms with van der Waals surface area (Å²) in [5.41, 5.74) is 14.2. The molecule has 2 amide bonds. The minimum atomic E-state index is -0.657. The van der Waals surface area contributed by atoms with E-state index in [2.05, 4.69) is 11.9 Å². The summed E-state index contributed by atoms with van der Waals surface area (Å²) in [7, 11) is 0. The van der Waals surface area contributed by atoms with E-state index in [1.54, 1.807) is 34.9 Å². The zero-order valence-corrected chi connectivity index (χ0v) is 16.5. The van der Waals surface area contributed by atoms with Crippen LogP contribution < -0.4 is 21.5 Å². The second kappa shape index (κ2) is 8.08. The molecule has 4 aromatic rings. The van der Waals surface area contributed by atoms with Gasteiger partial charge in [0, 0.05) is 16.8 Å². The van der Waals surface area contributed by atoms with Gasteiger partial charge in [-0.2, -0.15) is 0 Å². The molecule has 0 radical (unpaired) electrons. The molecule has 3 aromatic carbocycles. The van der Waals surface area contributed by atoms with Crippen molar-refractivity contribution in [3.8, 4) is 17.2 Å². The normalized spacial score (nSPS) is 10.6. The van der Waals surface area contributed by atoms with Gasteiger partial charge in [-0.05, 0) is 60.7 Å². The Kier molecular flexibility index (Phi) is 5.15. The van der Waals surface area contributed by atoms with Crippen LogP contribution in [-0.4, -0.2) is 16.4 Å². The Balaban J connectivity index is 1.77. The molecule has 0 aliphatic carbocycles. The minimum absolute atomic E-state index is 0.166. The van der Waals surface area contributed by atoms with Crippen LogP contribution in [0, 0.1) is 0 Å². The number of amides is 2. The summed E-state index contributed by atoms with van der Waals surface area (Å²) in [6, 6.07) is 21.8. The van der Waals surface area contributed by atoms with Crippen LogP contribution in [0.1, 0.15) is 10.5 Å². The number of nitrogen functional groups attached to an aromatic ring is 1. The van der Waals surface area contributed by atoms with Crippen LogP contribution in [0.2, 0.25) is 0 Å². The highest BCUT2D eigenvalue weighted by atomic mass is 16.5. The lowest BCUT2D eigenvalue weighted by atomic mass is 10.2. The lowest BCUT2D eigenvalue weighted by Crippen LogP contribution is -2.17. The number of rotatable bonds is 6. The minimum Gasteiger partial charge on any atom is -0.457 e. The highest BCUT2D eigenvalue weighted by Gasteiger charge is 2.21. The van der Waals surface area contributed by atoms with Crippen molar-refractivity contribution in [2.45, 2.75) is 0 Å². The summed E-state index contributed by atoms with van der Waals surface area (Å²) in [6.07, 6.45) is 1.17. The van der Waals surface area contributed by atoms with Crippen molar-refractivity contribution >= 4 is 34.1 Å². The van der Waals surface area contributed by atoms with Gasteiger partial charge in [0.1, 0.15) is 17.2 Å². The van der Waals surface area contributed by atoms with Gasteiger partial charge >= 0.3 is 0 Å². The van der Waals surface area contributed by atoms with E-state index in [0.717, 1.165) is 5.75 Å². The smallest absolute Gasteiger partial charge is 0.267 e. The third kappa shape index (κ3) is 3.84. The summed E-state index contributed by atoms with van der Waals surface area (Å²) < 4.78 is 7.52. The van der Waals surface area contributed by atoms with Crippen molar-refractivity contribution in [1.82, 2.24) is 4.57 Å². The molecule has 0 aliphatic rings. The SMILES string of the molecule is C=CC(=O)Nc1ccc2c(c1)c(N)c(C(N)=O)n2-c1ccc(Oc2ccccc2)cc1.